The molecule has 1 N–H and O–H groups in total. The quantitative estimate of drug-likeness (QED) is 0.846. The summed E-state index contributed by atoms with van der Waals surface area (Å²) in [5.41, 5.74) is 2.74. The third kappa shape index (κ3) is 1.99. The number of carbonyl (C=O) groups excluding carboxylic acids is 1. The van der Waals surface area contributed by atoms with Crippen LogP contribution in [0.4, 0.5) is 0 Å². The zero-order valence-corrected chi connectivity index (χ0v) is 10.8. The third-order valence-electron chi connectivity index (χ3n) is 3.11. The summed E-state index contributed by atoms with van der Waals surface area (Å²) >= 11 is 0. The fraction of sp³-hybridized carbons (Fsp3) is 0.357. The van der Waals surface area contributed by atoms with Crippen LogP contribution in [0.15, 0.2) is 24.3 Å². The Bertz CT molecular complexity index is 586. The highest BCUT2D eigenvalue weighted by Crippen LogP contribution is 2.26. The van der Waals surface area contributed by atoms with Crippen LogP contribution in [-0.4, -0.2) is 22.8 Å². The lowest BCUT2D eigenvalue weighted by atomic mass is 10.2. The molecule has 18 heavy (non-hydrogen) atoms. The van der Waals surface area contributed by atoms with E-state index >= 15 is 0 Å². The highest BCUT2D eigenvalue weighted by atomic mass is 16.5. The number of esters is 1. The van der Waals surface area contributed by atoms with E-state index in [1.807, 2.05) is 42.7 Å². The number of hydrogen-bond donors (Lipinski definition) is 1. The van der Waals surface area contributed by atoms with Crippen LogP contribution >= 0.6 is 0 Å². The summed E-state index contributed by atoms with van der Waals surface area (Å²) in [6.45, 7) is 4.68. The van der Waals surface area contributed by atoms with Crippen molar-refractivity contribution in [3.05, 3.63) is 35.5 Å². The van der Waals surface area contributed by atoms with E-state index in [2.05, 4.69) is 4.74 Å². The molecule has 2 aromatic rings. The van der Waals surface area contributed by atoms with Crippen molar-refractivity contribution in [1.29, 1.82) is 0 Å². The molecule has 1 aromatic heterocycles. The standard InChI is InChI=1S/C14H17NO3/c1-4-15-11-6-5-9(2)7-10(11)8-12(15)13(16)14(17)18-3/h5-8,13,16H,4H2,1-3H3. The SMILES string of the molecule is CCn1c(C(O)C(=O)OC)cc2cc(C)ccc21. The van der Waals surface area contributed by atoms with Gasteiger partial charge in [-0.25, -0.2) is 4.79 Å². The van der Waals surface area contributed by atoms with Gasteiger partial charge in [0.15, 0.2) is 6.10 Å². The van der Waals surface area contributed by atoms with Gasteiger partial charge in [0.2, 0.25) is 0 Å². The molecule has 0 bridgehead atoms. The first kappa shape index (κ1) is 12.6. The number of aliphatic hydroxyl groups excluding tert-OH is 1. The third-order valence-corrected chi connectivity index (χ3v) is 3.11. The molecule has 1 atom stereocenters. The average Bonchev–Trinajstić information content (AvgIpc) is 2.74. The Hall–Kier alpha value is -1.81. The van der Waals surface area contributed by atoms with Gasteiger partial charge < -0.3 is 14.4 Å². The number of aryl methyl sites for hydroxylation is 2. The van der Waals surface area contributed by atoms with Crippen molar-refractivity contribution in [2.45, 2.75) is 26.5 Å². The molecule has 0 spiro atoms. The van der Waals surface area contributed by atoms with Crippen molar-refractivity contribution in [2.24, 2.45) is 0 Å². The molecule has 2 rings (SSSR count). The van der Waals surface area contributed by atoms with Crippen molar-refractivity contribution in [3.8, 4) is 0 Å². The molecule has 0 radical (unpaired) electrons. The summed E-state index contributed by atoms with van der Waals surface area (Å²) in [5.74, 6) is -0.635. The highest BCUT2D eigenvalue weighted by Gasteiger charge is 2.22. The topological polar surface area (TPSA) is 51.5 Å². The summed E-state index contributed by atoms with van der Waals surface area (Å²) in [6, 6.07) is 7.90. The molecule has 1 aromatic carbocycles. The van der Waals surface area contributed by atoms with Gasteiger partial charge in [-0.1, -0.05) is 11.6 Å². The maximum atomic E-state index is 11.4. The molecule has 0 amide bonds. The smallest absolute Gasteiger partial charge is 0.340 e. The molecule has 1 unspecified atom stereocenters. The van der Waals surface area contributed by atoms with E-state index in [4.69, 9.17) is 0 Å². The van der Waals surface area contributed by atoms with Crippen LogP contribution in [0.5, 0.6) is 0 Å². The number of rotatable bonds is 3. The van der Waals surface area contributed by atoms with E-state index in [1.165, 1.54) is 7.11 Å². The van der Waals surface area contributed by atoms with Gasteiger partial charge in [-0.2, -0.15) is 0 Å². The Labute approximate surface area is 106 Å². The van der Waals surface area contributed by atoms with Gasteiger partial charge in [0.1, 0.15) is 0 Å². The van der Waals surface area contributed by atoms with Crippen LogP contribution in [0.1, 0.15) is 24.3 Å². The molecule has 4 nitrogen and oxygen atoms in total. The minimum atomic E-state index is -1.23. The Morgan fingerprint density at radius 2 is 2.17 bits per heavy atom. The number of carbonyl (C=O) groups is 1. The Balaban J connectivity index is 2.60. The van der Waals surface area contributed by atoms with E-state index in [9.17, 15) is 9.90 Å². The fourth-order valence-electron chi connectivity index (χ4n) is 2.22. The van der Waals surface area contributed by atoms with Crippen molar-refractivity contribution >= 4 is 16.9 Å². The van der Waals surface area contributed by atoms with Gasteiger partial charge in [0, 0.05) is 17.4 Å². The minimum Gasteiger partial charge on any atom is -0.467 e. The number of hydrogen-bond acceptors (Lipinski definition) is 3. The average molecular weight is 247 g/mol. The van der Waals surface area contributed by atoms with Crippen LogP contribution in [0.2, 0.25) is 0 Å². The first-order valence-electron chi connectivity index (χ1n) is 5.94. The molecule has 4 heteroatoms. The first-order chi connectivity index (χ1) is 8.58. The zero-order valence-electron chi connectivity index (χ0n) is 10.8. The molecule has 0 fully saturated rings. The molecular formula is C14H17NO3. The number of aliphatic hydroxyl groups is 1. The van der Waals surface area contributed by atoms with Crippen LogP contribution in [0.3, 0.4) is 0 Å². The molecule has 0 aliphatic carbocycles. The number of benzene rings is 1. The molecule has 0 saturated heterocycles. The van der Waals surface area contributed by atoms with E-state index in [1.54, 1.807) is 0 Å². The van der Waals surface area contributed by atoms with Crippen molar-refractivity contribution in [1.82, 2.24) is 4.57 Å². The van der Waals surface area contributed by atoms with Gasteiger partial charge in [-0.15, -0.1) is 0 Å². The maximum absolute atomic E-state index is 11.4. The molecule has 0 aliphatic rings. The lowest BCUT2D eigenvalue weighted by Crippen LogP contribution is -2.17. The zero-order chi connectivity index (χ0) is 13.3. The molecular weight excluding hydrogens is 230 g/mol. The van der Waals surface area contributed by atoms with Gasteiger partial charge in [-0.05, 0) is 32.0 Å². The maximum Gasteiger partial charge on any atom is 0.340 e. The summed E-state index contributed by atoms with van der Waals surface area (Å²) in [6.07, 6.45) is -1.23. The molecule has 96 valence electrons. The number of nitrogens with zero attached hydrogens (tertiary/aromatic N) is 1. The number of fused-ring (bicyclic) bond motifs is 1. The Morgan fingerprint density at radius 1 is 1.44 bits per heavy atom. The van der Waals surface area contributed by atoms with E-state index in [0.29, 0.717) is 12.2 Å². The van der Waals surface area contributed by atoms with Gasteiger partial charge in [-0.3, -0.25) is 0 Å². The van der Waals surface area contributed by atoms with Crippen LogP contribution in [-0.2, 0) is 16.1 Å². The highest BCUT2D eigenvalue weighted by molar-refractivity contribution is 5.85. The number of methoxy groups -OCH3 is 1. The van der Waals surface area contributed by atoms with Crippen molar-refractivity contribution in [3.63, 3.8) is 0 Å². The van der Waals surface area contributed by atoms with Crippen LogP contribution in [0, 0.1) is 6.92 Å². The van der Waals surface area contributed by atoms with Gasteiger partial charge in [0.05, 0.1) is 12.8 Å². The summed E-state index contributed by atoms with van der Waals surface area (Å²) in [4.78, 5) is 11.4. The molecule has 0 saturated carbocycles. The Morgan fingerprint density at radius 3 is 2.78 bits per heavy atom. The molecule has 0 aliphatic heterocycles. The van der Waals surface area contributed by atoms with Crippen molar-refractivity contribution in [2.75, 3.05) is 7.11 Å². The second-order valence-corrected chi connectivity index (χ2v) is 4.30. The minimum absolute atomic E-state index is 0.574. The van der Waals surface area contributed by atoms with Gasteiger partial charge >= 0.3 is 5.97 Å². The first-order valence-corrected chi connectivity index (χ1v) is 5.94. The van der Waals surface area contributed by atoms with Gasteiger partial charge in [0.25, 0.3) is 0 Å². The summed E-state index contributed by atoms with van der Waals surface area (Å²) < 4.78 is 6.51. The fourth-order valence-corrected chi connectivity index (χ4v) is 2.22. The normalized spacial score (nSPS) is 12.7. The second-order valence-electron chi connectivity index (χ2n) is 4.30. The molecule has 1 heterocycles. The number of ether oxygens (including phenoxy) is 1. The van der Waals surface area contributed by atoms with Crippen LogP contribution < -0.4 is 0 Å². The summed E-state index contributed by atoms with van der Waals surface area (Å²) in [5, 5.41) is 11.0. The predicted molar refractivity (Wildman–Crippen MR) is 69.3 cm³/mol. The van der Waals surface area contributed by atoms with Crippen molar-refractivity contribution < 1.29 is 14.6 Å². The largest absolute Gasteiger partial charge is 0.467 e. The monoisotopic (exact) mass is 247 g/mol. The van der Waals surface area contributed by atoms with Crippen LogP contribution in [0.25, 0.3) is 10.9 Å². The van der Waals surface area contributed by atoms with E-state index < -0.39 is 12.1 Å². The lowest BCUT2D eigenvalue weighted by molar-refractivity contribution is -0.151. The predicted octanol–water partition coefficient (Wildman–Crippen LogP) is 2.18. The summed E-state index contributed by atoms with van der Waals surface area (Å²) in [7, 11) is 1.27. The second kappa shape index (κ2) is 4.82. The van der Waals surface area contributed by atoms with E-state index in [0.717, 1.165) is 16.5 Å². The number of aromatic nitrogens is 1. The van der Waals surface area contributed by atoms with E-state index in [-0.39, 0.29) is 0 Å². The Kier molecular flexibility index (Phi) is 3.39. The lowest BCUT2D eigenvalue weighted by Gasteiger charge is -2.12.